The molecule has 5 heteroatoms. The van der Waals surface area contributed by atoms with E-state index in [2.05, 4.69) is 22.5 Å². The van der Waals surface area contributed by atoms with Crippen LogP contribution in [0.4, 0.5) is 10.1 Å². The molecule has 0 saturated carbocycles. The van der Waals surface area contributed by atoms with Crippen LogP contribution >= 0.6 is 0 Å². The Hall–Kier alpha value is -1.49. The minimum atomic E-state index is -0.542. The summed E-state index contributed by atoms with van der Waals surface area (Å²) >= 11 is 0. The van der Waals surface area contributed by atoms with E-state index < -0.39 is 5.95 Å². The molecule has 2 atom stereocenters. The molecule has 19 heavy (non-hydrogen) atoms. The first-order chi connectivity index (χ1) is 9.15. The van der Waals surface area contributed by atoms with E-state index in [1.54, 1.807) is 0 Å². The molecule has 1 aliphatic heterocycles. The molecule has 2 unspecified atom stereocenters. The molecule has 2 heterocycles. The van der Waals surface area contributed by atoms with E-state index in [9.17, 15) is 9.18 Å². The number of halogens is 1. The average molecular weight is 265 g/mol. The zero-order valence-electron chi connectivity index (χ0n) is 11.2. The quantitative estimate of drug-likeness (QED) is 0.820. The van der Waals surface area contributed by atoms with Gasteiger partial charge >= 0.3 is 0 Å². The number of nitrogens with one attached hydrogen (secondary N) is 2. The van der Waals surface area contributed by atoms with Crippen molar-refractivity contribution in [3.05, 3.63) is 24.3 Å². The Kier molecular flexibility index (Phi) is 4.85. The SMILES string of the molecule is CC(CC(=O)Nc1ccc(F)nc1)C1CCCNC1. The standard InChI is InChI=1S/C14H20FN3O/c1-10(11-3-2-6-16-8-11)7-14(19)18-12-4-5-13(15)17-9-12/h4-5,9-11,16H,2-3,6-8H2,1H3,(H,18,19). The van der Waals surface area contributed by atoms with Crippen molar-refractivity contribution in [2.75, 3.05) is 18.4 Å². The monoisotopic (exact) mass is 265 g/mol. The van der Waals surface area contributed by atoms with Crippen LogP contribution in [-0.2, 0) is 4.79 Å². The lowest BCUT2D eigenvalue weighted by molar-refractivity contribution is -0.117. The van der Waals surface area contributed by atoms with Gasteiger partial charge in [0.2, 0.25) is 11.9 Å². The molecular weight excluding hydrogens is 245 g/mol. The lowest BCUT2D eigenvalue weighted by atomic mass is 9.85. The minimum absolute atomic E-state index is 0.0357. The Morgan fingerprint density at radius 1 is 1.63 bits per heavy atom. The Morgan fingerprint density at radius 3 is 3.11 bits per heavy atom. The van der Waals surface area contributed by atoms with Crippen LogP contribution < -0.4 is 10.6 Å². The highest BCUT2D eigenvalue weighted by atomic mass is 19.1. The predicted molar refractivity (Wildman–Crippen MR) is 72.2 cm³/mol. The van der Waals surface area contributed by atoms with Crippen molar-refractivity contribution in [3.63, 3.8) is 0 Å². The van der Waals surface area contributed by atoms with Gasteiger partial charge in [-0.1, -0.05) is 6.92 Å². The normalized spacial score (nSPS) is 20.8. The molecule has 4 nitrogen and oxygen atoms in total. The third-order valence-electron chi connectivity index (χ3n) is 3.66. The average Bonchev–Trinajstić information content (AvgIpc) is 2.42. The van der Waals surface area contributed by atoms with Crippen molar-refractivity contribution in [1.82, 2.24) is 10.3 Å². The lowest BCUT2D eigenvalue weighted by Crippen LogP contribution is -2.34. The van der Waals surface area contributed by atoms with Gasteiger partial charge in [-0.15, -0.1) is 0 Å². The van der Waals surface area contributed by atoms with E-state index in [1.165, 1.54) is 31.2 Å². The summed E-state index contributed by atoms with van der Waals surface area (Å²) in [6.07, 6.45) is 4.18. The van der Waals surface area contributed by atoms with Gasteiger partial charge in [0.25, 0.3) is 0 Å². The van der Waals surface area contributed by atoms with Gasteiger partial charge in [-0.05, 0) is 49.9 Å². The highest BCUT2D eigenvalue weighted by Gasteiger charge is 2.21. The Labute approximate surface area is 112 Å². The first-order valence-corrected chi connectivity index (χ1v) is 6.77. The largest absolute Gasteiger partial charge is 0.325 e. The van der Waals surface area contributed by atoms with Crippen LogP contribution in [0.3, 0.4) is 0 Å². The summed E-state index contributed by atoms with van der Waals surface area (Å²) in [7, 11) is 0. The second-order valence-corrected chi connectivity index (χ2v) is 5.21. The van der Waals surface area contributed by atoms with Crippen molar-refractivity contribution >= 4 is 11.6 Å². The summed E-state index contributed by atoms with van der Waals surface area (Å²) < 4.78 is 12.6. The minimum Gasteiger partial charge on any atom is -0.325 e. The molecule has 1 aromatic heterocycles. The van der Waals surface area contributed by atoms with Gasteiger partial charge in [0.15, 0.2) is 0 Å². The third-order valence-corrected chi connectivity index (χ3v) is 3.66. The van der Waals surface area contributed by atoms with Crippen molar-refractivity contribution in [1.29, 1.82) is 0 Å². The van der Waals surface area contributed by atoms with Crippen LogP contribution in [0.15, 0.2) is 18.3 Å². The molecule has 0 spiro atoms. The number of anilines is 1. The van der Waals surface area contributed by atoms with Gasteiger partial charge in [-0.25, -0.2) is 4.98 Å². The molecule has 104 valence electrons. The maximum Gasteiger partial charge on any atom is 0.224 e. The zero-order chi connectivity index (χ0) is 13.7. The van der Waals surface area contributed by atoms with Crippen LogP contribution in [-0.4, -0.2) is 24.0 Å². The number of pyridine rings is 1. The number of hydrogen-bond donors (Lipinski definition) is 2. The van der Waals surface area contributed by atoms with Crippen LogP contribution in [0.5, 0.6) is 0 Å². The molecule has 1 saturated heterocycles. The molecule has 0 bridgehead atoms. The number of nitrogens with zero attached hydrogens (tertiary/aromatic N) is 1. The van der Waals surface area contributed by atoms with Gasteiger partial charge in [-0.3, -0.25) is 4.79 Å². The van der Waals surface area contributed by atoms with Crippen molar-refractivity contribution in [2.45, 2.75) is 26.2 Å². The van der Waals surface area contributed by atoms with Gasteiger partial charge in [0, 0.05) is 6.42 Å². The molecule has 2 rings (SSSR count). The van der Waals surface area contributed by atoms with Gasteiger partial charge in [0.1, 0.15) is 0 Å². The fourth-order valence-electron chi connectivity index (χ4n) is 2.49. The second-order valence-electron chi connectivity index (χ2n) is 5.21. The third kappa shape index (κ3) is 4.28. The fraction of sp³-hybridized carbons (Fsp3) is 0.571. The van der Waals surface area contributed by atoms with Crippen LogP contribution in [0, 0.1) is 17.8 Å². The molecule has 1 aromatic rings. The maximum absolute atomic E-state index is 12.6. The van der Waals surface area contributed by atoms with Crippen LogP contribution in [0.2, 0.25) is 0 Å². The zero-order valence-corrected chi connectivity index (χ0v) is 11.2. The topological polar surface area (TPSA) is 54.0 Å². The fourth-order valence-corrected chi connectivity index (χ4v) is 2.49. The number of piperidine rings is 1. The van der Waals surface area contributed by atoms with E-state index in [-0.39, 0.29) is 5.91 Å². The number of rotatable bonds is 4. The molecule has 1 fully saturated rings. The summed E-state index contributed by atoms with van der Waals surface area (Å²) in [5.74, 6) is 0.332. The van der Waals surface area contributed by atoms with E-state index in [1.807, 2.05) is 0 Å². The summed E-state index contributed by atoms with van der Waals surface area (Å²) in [6.45, 7) is 4.18. The first kappa shape index (κ1) is 13.9. The number of hydrogen-bond acceptors (Lipinski definition) is 3. The van der Waals surface area contributed by atoms with E-state index in [4.69, 9.17) is 0 Å². The number of carbonyl (C=O) groups excluding carboxylic acids is 1. The number of amides is 1. The summed E-state index contributed by atoms with van der Waals surface area (Å²) in [5.41, 5.74) is 0.542. The molecule has 0 radical (unpaired) electrons. The van der Waals surface area contributed by atoms with E-state index in [0.717, 1.165) is 13.1 Å². The lowest BCUT2D eigenvalue weighted by Gasteiger charge is -2.27. The van der Waals surface area contributed by atoms with Crippen molar-refractivity contribution < 1.29 is 9.18 Å². The first-order valence-electron chi connectivity index (χ1n) is 6.77. The van der Waals surface area contributed by atoms with Crippen molar-refractivity contribution in [2.24, 2.45) is 11.8 Å². The number of aromatic nitrogens is 1. The van der Waals surface area contributed by atoms with Gasteiger partial charge < -0.3 is 10.6 Å². The van der Waals surface area contributed by atoms with Crippen LogP contribution in [0.25, 0.3) is 0 Å². The summed E-state index contributed by atoms with van der Waals surface area (Å²) in [6, 6.07) is 2.76. The molecule has 0 aromatic carbocycles. The number of carbonyl (C=O) groups is 1. The Morgan fingerprint density at radius 2 is 2.47 bits per heavy atom. The highest BCUT2D eigenvalue weighted by Crippen LogP contribution is 2.22. The Bertz CT molecular complexity index is 415. The molecule has 1 aliphatic rings. The smallest absolute Gasteiger partial charge is 0.224 e. The Balaban J connectivity index is 1.81. The predicted octanol–water partition coefficient (Wildman–Crippen LogP) is 2.18. The summed E-state index contributed by atoms with van der Waals surface area (Å²) in [4.78, 5) is 15.4. The maximum atomic E-state index is 12.6. The molecular formula is C14H20FN3O. The molecule has 2 N–H and O–H groups in total. The highest BCUT2D eigenvalue weighted by molar-refractivity contribution is 5.90. The van der Waals surface area contributed by atoms with Crippen molar-refractivity contribution in [3.8, 4) is 0 Å². The van der Waals surface area contributed by atoms with Gasteiger partial charge in [0.05, 0.1) is 11.9 Å². The van der Waals surface area contributed by atoms with E-state index in [0.29, 0.717) is 23.9 Å². The summed E-state index contributed by atoms with van der Waals surface area (Å²) in [5, 5.41) is 6.11. The van der Waals surface area contributed by atoms with Gasteiger partial charge in [-0.2, -0.15) is 4.39 Å². The van der Waals surface area contributed by atoms with Crippen LogP contribution in [0.1, 0.15) is 26.2 Å². The second kappa shape index (κ2) is 6.61. The molecule has 0 aliphatic carbocycles. The molecule has 1 amide bonds. The van der Waals surface area contributed by atoms with E-state index >= 15 is 0 Å².